The summed E-state index contributed by atoms with van der Waals surface area (Å²) in [6, 6.07) is 6.70. The molecule has 19 heavy (non-hydrogen) atoms. The summed E-state index contributed by atoms with van der Waals surface area (Å²) in [6.07, 6.45) is 2.46. The number of nitrogens with one attached hydrogen (secondary N) is 1. The summed E-state index contributed by atoms with van der Waals surface area (Å²) < 4.78 is 0.965. The molecule has 0 atom stereocenters. The van der Waals surface area contributed by atoms with E-state index in [1.807, 2.05) is 6.07 Å². The van der Waals surface area contributed by atoms with Crippen molar-refractivity contribution < 1.29 is 0 Å². The van der Waals surface area contributed by atoms with Crippen LogP contribution >= 0.6 is 27.5 Å². The zero-order chi connectivity index (χ0) is 14.3. The first kappa shape index (κ1) is 17.0. The second-order valence-electron chi connectivity index (χ2n) is 5.21. The van der Waals surface area contributed by atoms with Gasteiger partial charge in [-0.1, -0.05) is 17.7 Å². The molecule has 1 N–H and O–H groups in total. The van der Waals surface area contributed by atoms with Crippen molar-refractivity contribution in [1.29, 1.82) is 0 Å². The van der Waals surface area contributed by atoms with Gasteiger partial charge in [0.1, 0.15) is 0 Å². The number of hydrogen-bond acceptors (Lipinski definition) is 2. The van der Waals surface area contributed by atoms with Crippen LogP contribution in [0.3, 0.4) is 0 Å². The van der Waals surface area contributed by atoms with E-state index in [1.165, 1.54) is 24.9 Å². The number of benzene rings is 1. The quantitative estimate of drug-likeness (QED) is 0.705. The first-order valence-electron chi connectivity index (χ1n) is 6.85. The molecule has 1 rings (SSSR count). The Bertz CT molecular complexity index is 382. The highest BCUT2D eigenvalue weighted by Crippen LogP contribution is 2.23. The number of rotatable bonds is 8. The van der Waals surface area contributed by atoms with Crippen LogP contribution in [0, 0.1) is 0 Å². The third-order valence-corrected chi connectivity index (χ3v) is 4.52. The highest BCUT2D eigenvalue weighted by molar-refractivity contribution is 9.10. The van der Waals surface area contributed by atoms with Crippen LogP contribution in [0.4, 0.5) is 0 Å². The molecule has 0 unspecified atom stereocenters. The first-order valence-corrected chi connectivity index (χ1v) is 8.02. The second kappa shape index (κ2) is 8.96. The average molecular weight is 348 g/mol. The van der Waals surface area contributed by atoms with Crippen LogP contribution in [0.5, 0.6) is 0 Å². The second-order valence-corrected chi connectivity index (χ2v) is 6.47. The Kier molecular flexibility index (Phi) is 8.00. The Balaban J connectivity index is 2.12. The summed E-state index contributed by atoms with van der Waals surface area (Å²) in [4.78, 5) is 2.39. The van der Waals surface area contributed by atoms with Crippen molar-refractivity contribution in [3.8, 4) is 0 Å². The zero-order valence-electron chi connectivity index (χ0n) is 12.0. The van der Waals surface area contributed by atoms with Crippen LogP contribution in [0.2, 0.25) is 5.02 Å². The zero-order valence-corrected chi connectivity index (χ0v) is 14.4. The minimum atomic E-state index is 0.638. The number of nitrogens with zero attached hydrogens (tertiary/aromatic N) is 1. The summed E-state index contributed by atoms with van der Waals surface area (Å²) >= 11 is 9.41. The molecule has 0 aliphatic rings. The van der Waals surface area contributed by atoms with Crippen LogP contribution in [-0.4, -0.2) is 31.1 Å². The fourth-order valence-corrected chi connectivity index (χ4v) is 2.30. The van der Waals surface area contributed by atoms with E-state index < -0.39 is 0 Å². The summed E-state index contributed by atoms with van der Waals surface area (Å²) in [5.41, 5.74) is 1.26. The largest absolute Gasteiger partial charge is 0.313 e. The van der Waals surface area contributed by atoms with Gasteiger partial charge < -0.3 is 10.2 Å². The van der Waals surface area contributed by atoms with Crippen LogP contribution in [0.1, 0.15) is 32.3 Å². The monoisotopic (exact) mass is 346 g/mol. The topological polar surface area (TPSA) is 15.3 Å². The molecule has 4 heteroatoms. The van der Waals surface area contributed by atoms with Crippen LogP contribution in [-0.2, 0) is 6.54 Å². The predicted octanol–water partition coefficient (Wildman–Crippen LogP) is 4.31. The Morgan fingerprint density at radius 2 is 2.05 bits per heavy atom. The maximum Gasteiger partial charge on any atom is 0.0548 e. The van der Waals surface area contributed by atoms with Crippen molar-refractivity contribution in [2.24, 2.45) is 0 Å². The molecule has 0 fully saturated rings. The fourth-order valence-electron chi connectivity index (χ4n) is 1.75. The molecule has 0 spiro atoms. The van der Waals surface area contributed by atoms with Gasteiger partial charge in [-0.05, 0) is 80.5 Å². The van der Waals surface area contributed by atoms with E-state index in [2.05, 4.69) is 59.2 Å². The predicted molar refractivity (Wildman–Crippen MR) is 87.9 cm³/mol. The first-order chi connectivity index (χ1) is 9.00. The van der Waals surface area contributed by atoms with Gasteiger partial charge in [-0.15, -0.1) is 0 Å². The molecule has 0 amide bonds. The standard InChI is InChI=1S/C15H24BrClN2/c1-12(2)19(3)9-5-4-8-18-11-13-6-7-15(17)14(16)10-13/h6-7,10,12,18H,4-5,8-9,11H2,1-3H3. The van der Waals surface area contributed by atoms with Crippen LogP contribution in [0.15, 0.2) is 22.7 Å². The average Bonchev–Trinajstić information content (AvgIpc) is 2.37. The van der Waals surface area contributed by atoms with Crippen LogP contribution in [0.25, 0.3) is 0 Å². The lowest BCUT2D eigenvalue weighted by molar-refractivity contribution is 0.268. The van der Waals surface area contributed by atoms with Gasteiger partial charge in [0.2, 0.25) is 0 Å². The van der Waals surface area contributed by atoms with Crippen molar-refractivity contribution >= 4 is 27.5 Å². The lowest BCUT2D eigenvalue weighted by atomic mass is 10.2. The van der Waals surface area contributed by atoms with E-state index in [0.29, 0.717) is 6.04 Å². The molecule has 0 aliphatic heterocycles. The normalized spacial score (nSPS) is 11.5. The Hall–Kier alpha value is -0.0900. The van der Waals surface area contributed by atoms with E-state index >= 15 is 0 Å². The molecule has 0 heterocycles. The van der Waals surface area contributed by atoms with Gasteiger partial charge in [0, 0.05) is 17.1 Å². The number of hydrogen-bond donors (Lipinski definition) is 1. The third kappa shape index (κ3) is 6.75. The molecule has 1 aromatic carbocycles. The summed E-state index contributed by atoms with van der Waals surface area (Å²) in [5.74, 6) is 0. The molecule has 1 aromatic rings. The van der Waals surface area contributed by atoms with Gasteiger partial charge in [-0.25, -0.2) is 0 Å². The van der Waals surface area contributed by atoms with Gasteiger partial charge in [0.25, 0.3) is 0 Å². The van der Waals surface area contributed by atoms with Crippen molar-refractivity contribution in [3.63, 3.8) is 0 Å². The van der Waals surface area contributed by atoms with Crippen molar-refractivity contribution in [1.82, 2.24) is 10.2 Å². The molecule has 2 nitrogen and oxygen atoms in total. The minimum Gasteiger partial charge on any atom is -0.313 e. The lowest BCUT2D eigenvalue weighted by Crippen LogP contribution is -2.27. The SMILES string of the molecule is CC(C)N(C)CCCCNCc1ccc(Cl)c(Br)c1. The van der Waals surface area contributed by atoms with Gasteiger partial charge >= 0.3 is 0 Å². The summed E-state index contributed by atoms with van der Waals surface area (Å²) in [7, 11) is 2.18. The molecule has 0 aliphatic carbocycles. The number of unbranched alkanes of at least 4 members (excludes halogenated alkanes) is 1. The van der Waals surface area contributed by atoms with Crippen molar-refractivity contribution in [3.05, 3.63) is 33.3 Å². The highest BCUT2D eigenvalue weighted by atomic mass is 79.9. The van der Waals surface area contributed by atoms with E-state index in [9.17, 15) is 0 Å². The van der Waals surface area contributed by atoms with Crippen molar-refractivity contribution in [2.75, 3.05) is 20.1 Å². The van der Waals surface area contributed by atoms with E-state index in [-0.39, 0.29) is 0 Å². The molecule has 0 saturated heterocycles. The number of halogens is 2. The Morgan fingerprint density at radius 3 is 2.68 bits per heavy atom. The maximum atomic E-state index is 5.97. The lowest BCUT2D eigenvalue weighted by Gasteiger charge is -2.20. The molecular weight excluding hydrogens is 324 g/mol. The van der Waals surface area contributed by atoms with E-state index in [1.54, 1.807) is 0 Å². The van der Waals surface area contributed by atoms with Crippen molar-refractivity contribution in [2.45, 2.75) is 39.3 Å². The maximum absolute atomic E-state index is 5.97. The fraction of sp³-hybridized carbons (Fsp3) is 0.600. The van der Waals surface area contributed by atoms with Crippen LogP contribution < -0.4 is 5.32 Å². The Morgan fingerprint density at radius 1 is 1.32 bits per heavy atom. The molecule has 108 valence electrons. The smallest absolute Gasteiger partial charge is 0.0548 e. The third-order valence-electron chi connectivity index (χ3n) is 3.31. The minimum absolute atomic E-state index is 0.638. The summed E-state index contributed by atoms with van der Waals surface area (Å²) in [5, 5.41) is 4.23. The van der Waals surface area contributed by atoms with E-state index in [0.717, 1.165) is 22.6 Å². The van der Waals surface area contributed by atoms with Gasteiger partial charge in [-0.3, -0.25) is 0 Å². The molecule has 0 bridgehead atoms. The van der Waals surface area contributed by atoms with Gasteiger partial charge in [0.15, 0.2) is 0 Å². The molecular formula is C15H24BrClN2. The highest BCUT2D eigenvalue weighted by Gasteiger charge is 2.02. The van der Waals surface area contributed by atoms with Gasteiger partial charge in [-0.2, -0.15) is 0 Å². The summed E-state index contributed by atoms with van der Waals surface area (Å²) in [6.45, 7) is 7.60. The molecule has 0 aromatic heterocycles. The van der Waals surface area contributed by atoms with E-state index in [4.69, 9.17) is 11.6 Å². The molecule has 0 radical (unpaired) electrons. The van der Waals surface area contributed by atoms with Gasteiger partial charge in [0.05, 0.1) is 5.02 Å². The molecule has 0 saturated carbocycles. The Labute approximate surface area is 130 Å².